The Labute approximate surface area is 132 Å². The SMILES string of the molecule is COc1ccc(CCOC(=O)Oc2ccc([N+](=O)O)cc2)cc1. The van der Waals surface area contributed by atoms with Crippen molar-refractivity contribution in [2.45, 2.75) is 6.42 Å². The van der Waals surface area contributed by atoms with Crippen molar-refractivity contribution in [2.24, 2.45) is 0 Å². The second-order valence-electron chi connectivity index (χ2n) is 4.57. The maximum absolute atomic E-state index is 11.5. The molecular weight excluding hydrogens is 302 g/mol. The summed E-state index contributed by atoms with van der Waals surface area (Å²) >= 11 is 0. The average Bonchev–Trinajstić information content (AvgIpc) is 2.56. The van der Waals surface area contributed by atoms with Gasteiger partial charge in [0.25, 0.3) is 4.92 Å². The lowest BCUT2D eigenvalue weighted by molar-refractivity contribution is -0.729. The lowest BCUT2D eigenvalue weighted by Crippen LogP contribution is -2.12. The lowest BCUT2D eigenvalue weighted by Gasteiger charge is -2.06. The van der Waals surface area contributed by atoms with Gasteiger partial charge in [-0.2, -0.15) is 0 Å². The zero-order valence-electron chi connectivity index (χ0n) is 12.5. The molecule has 2 aromatic carbocycles. The smallest absolute Gasteiger partial charge is 0.497 e. The summed E-state index contributed by atoms with van der Waals surface area (Å²) in [5.74, 6) is 0.974. The van der Waals surface area contributed by atoms with Gasteiger partial charge in [0.1, 0.15) is 11.5 Å². The Balaban J connectivity index is 1.77. The summed E-state index contributed by atoms with van der Waals surface area (Å²) in [7, 11) is 1.59. The van der Waals surface area contributed by atoms with Gasteiger partial charge in [0, 0.05) is 18.6 Å². The number of nitrogens with zero attached hydrogens (tertiary/aromatic N) is 1. The third-order valence-corrected chi connectivity index (χ3v) is 3.03. The van der Waals surface area contributed by atoms with E-state index in [1.54, 1.807) is 7.11 Å². The first kappa shape index (κ1) is 16.3. The van der Waals surface area contributed by atoms with E-state index >= 15 is 0 Å². The van der Waals surface area contributed by atoms with Crippen LogP contribution in [0.3, 0.4) is 0 Å². The van der Waals surface area contributed by atoms with Crippen LogP contribution < -0.4 is 9.47 Å². The van der Waals surface area contributed by atoms with Crippen LogP contribution in [-0.2, 0) is 11.2 Å². The average molecular weight is 318 g/mol. The maximum Gasteiger partial charge on any atom is 0.513 e. The minimum absolute atomic E-state index is 0.0326. The van der Waals surface area contributed by atoms with Gasteiger partial charge in [-0.3, -0.25) is 0 Å². The van der Waals surface area contributed by atoms with Crippen molar-refractivity contribution in [3.8, 4) is 11.5 Å². The Bertz CT molecular complexity index is 666. The first-order valence-electron chi connectivity index (χ1n) is 6.82. The van der Waals surface area contributed by atoms with E-state index in [9.17, 15) is 9.70 Å². The Hall–Kier alpha value is -3.09. The molecule has 0 saturated heterocycles. The molecule has 7 heteroatoms. The van der Waals surface area contributed by atoms with E-state index in [1.807, 2.05) is 24.3 Å². The van der Waals surface area contributed by atoms with Gasteiger partial charge in [0.05, 0.1) is 18.6 Å². The van der Waals surface area contributed by atoms with Crippen LogP contribution in [0, 0.1) is 4.91 Å². The van der Waals surface area contributed by atoms with Gasteiger partial charge in [-0.15, -0.1) is 0 Å². The monoisotopic (exact) mass is 318 g/mol. The fourth-order valence-electron chi connectivity index (χ4n) is 1.81. The number of methoxy groups -OCH3 is 1. The molecule has 0 heterocycles. The zero-order valence-corrected chi connectivity index (χ0v) is 12.5. The van der Waals surface area contributed by atoms with E-state index in [-0.39, 0.29) is 23.0 Å². The minimum Gasteiger partial charge on any atom is -0.497 e. The summed E-state index contributed by atoms with van der Waals surface area (Å²) in [5, 5.41) is 8.69. The Morgan fingerprint density at radius 1 is 1.04 bits per heavy atom. The van der Waals surface area contributed by atoms with Crippen LogP contribution in [0.4, 0.5) is 10.5 Å². The molecule has 0 aliphatic rings. The molecular formula is C16H16NO6+. The van der Waals surface area contributed by atoms with Crippen LogP contribution >= 0.6 is 0 Å². The lowest BCUT2D eigenvalue weighted by atomic mass is 10.1. The second kappa shape index (κ2) is 7.79. The van der Waals surface area contributed by atoms with Crippen molar-refractivity contribution in [1.82, 2.24) is 0 Å². The molecule has 2 aromatic rings. The van der Waals surface area contributed by atoms with E-state index in [1.165, 1.54) is 24.3 Å². The number of hydrogen-bond acceptors (Lipinski definition) is 5. The van der Waals surface area contributed by atoms with Gasteiger partial charge in [-0.1, -0.05) is 12.1 Å². The predicted octanol–water partition coefficient (Wildman–Crippen LogP) is 3.25. The highest BCUT2D eigenvalue weighted by molar-refractivity contribution is 5.64. The van der Waals surface area contributed by atoms with Crippen molar-refractivity contribution < 1.29 is 29.1 Å². The fraction of sp³-hybridized carbons (Fsp3) is 0.188. The molecule has 0 aliphatic heterocycles. The van der Waals surface area contributed by atoms with Crippen molar-refractivity contribution >= 4 is 11.8 Å². The highest BCUT2D eigenvalue weighted by atomic mass is 16.7. The van der Waals surface area contributed by atoms with Crippen LogP contribution in [0.5, 0.6) is 11.5 Å². The van der Waals surface area contributed by atoms with Crippen LogP contribution in [0.2, 0.25) is 0 Å². The normalized spacial score (nSPS) is 9.96. The topological polar surface area (TPSA) is 85.1 Å². The molecule has 0 radical (unpaired) electrons. The number of benzene rings is 2. The predicted molar refractivity (Wildman–Crippen MR) is 80.2 cm³/mol. The fourth-order valence-corrected chi connectivity index (χ4v) is 1.81. The third kappa shape index (κ3) is 4.99. The Morgan fingerprint density at radius 2 is 1.65 bits per heavy atom. The van der Waals surface area contributed by atoms with Crippen LogP contribution in [0.25, 0.3) is 0 Å². The van der Waals surface area contributed by atoms with Gasteiger partial charge in [-0.25, -0.2) is 10.0 Å². The van der Waals surface area contributed by atoms with E-state index in [4.69, 9.17) is 19.4 Å². The molecule has 0 atom stereocenters. The molecule has 7 nitrogen and oxygen atoms in total. The van der Waals surface area contributed by atoms with Crippen LogP contribution in [0.15, 0.2) is 48.5 Å². The van der Waals surface area contributed by atoms with E-state index in [0.717, 1.165) is 11.3 Å². The highest BCUT2D eigenvalue weighted by Gasteiger charge is 2.12. The van der Waals surface area contributed by atoms with Gasteiger partial charge in [0.2, 0.25) is 0 Å². The Morgan fingerprint density at radius 3 is 2.22 bits per heavy atom. The molecule has 0 unspecified atom stereocenters. The first-order chi connectivity index (χ1) is 11.1. The summed E-state index contributed by atoms with van der Waals surface area (Å²) in [6, 6.07) is 12.8. The number of ether oxygens (including phenoxy) is 3. The molecule has 0 fully saturated rings. The standard InChI is InChI=1S/C16H16NO6/c1-21-14-6-2-12(3-7-14)10-11-22-16(18)23-15-8-4-13(5-9-15)17(19)20/h2-9H,10-11H2,1H3,(H,19,20)/q+1. The highest BCUT2D eigenvalue weighted by Crippen LogP contribution is 2.17. The molecule has 0 bridgehead atoms. The quantitative estimate of drug-likeness (QED) is 0.500. The largest absolute Gasteiger partial charge is 0.513 e. The van der Waals surface area contributed by atoms with Crippen molar-refractivity contribution in [1.29, 1.82) is 0 Å². The molecule has 0 amide bonds. The summed E-state index contributed by atoms with van der Waals surface area (Å²) < 4.78 is 15.0. The van der Waals surface area contributed by atoms with Crippen molar-refractivity contribution in [2.75, 3.05) is 13.7 Å². The molecule has 0 spiro atoms. The summed E-state index contributed by atoms with van der Waals surface area (Å²) in [6.45, 7) is 0.175. The molecule has 23 heavy (non-hydrogen) atoms. The maximum atomic E-state index is 11.5. The van der Waals surface area contributed by atoms with E-state index in [2.05, 4.69) is 0 Å². The van der Waals surface area contributed by atoms with Gasteiger partial charge >= 0.3 is 11.8 Å². The summed E-state index contributed by atoms with van der Waals surface area (Å²) in [5.41, 5.74) is 1.03. The van der Waals surface area contributed by atoms with Crippen LogP contribution in [0.1, 0.15) is 5.56 Å². The second-order valence-corrected chi connectivity index (χ2v) is 4.57. The number of carbonyl (C=O) groups excluding carboxylic acids is 1. The number of carbonyl (C=O) groups is 1. The van der Waals surface area contributed by atoms with E-state index < -0.39 is 6.16 Å². The molecule has 120 valence electrons. The third-order valence-electron chi connectivity index (χ3n) is 3.03. The Kier molecular flexibility index (Phi) is 5.51. The summed E-state index contributed by atoms with van der Waals surface area (Å²) in [6.07, 6.45) is -0.289. The zero-order chi connectivity index (χ0) is 16.7. The van der Waals surface area contributed by atoms with Gasteiger partial charge < -0.3 is 14.2 Å². The van der Waals surface area contributed by atoms with Gasteiger partial charge in [-0.05, 0) is 29.8 Å². The molecule has 2 rings (SSSR count). The van der Waals surface area contributed by atoms with E-state index in [0.29, 0.717) is 6.42 Å². The molecule has 0 aromatic heterocycles. The minimum atomic E-state index is -0.839. The molecule has 1 N–H and O–H groups in total. The summed E-state index contributed by atoms with van der Waals surface area (Å²) in [4.78, 5) is 21.9. The number of hydrogen-bond donors (Lipinski definition) is 1. The number of rotatable bonds is 6. The van der Waals surface area contributed by atoms with Gasteiger partial charge in [0.15, 0.2) is 0 Å². The first-order valence-corrected chi connectivity index (χ1v) is 6.82. The van der Waals surface area contributed by atoms with Crippen LogP contribution in [-0.4, -0.2) is 30.0 Å². The van der Waals surface area contributed by atoms with Crippen molar-refractivity contribution in [3.05, 3.63) is 59.0 Å². The van der Waals surface area contributed by atoms with Crippen molar-refractivity contribution in [3.63, 3.8) is 0 Å². The molecule has 0 aliphatic carbocycles. The molecule has 0 saturated carbocycles.